The normalized spacial score (nSPS) is 18.9. The van der Waals surface area contributed by atoms with Gasteiger partial charge in [0.1, 0.15) is 5.52 Å². The number of nitrogens with zero attached hydrogens (tertiary/aromatic N) is 3. The molecule has 22 heavy (non-hydrogen) atoms. The molecule has 6 nitrogen and oxygen atoms in total. The Morgan fingerprint density at radius 3 is 2.95 bits per heavy atom. The molecule has 112 valence electrons. The first-order valence-corrected chi connectivity index (χ1v) is 7.78. The first-order valence-electron chi connectivity index (χ1n) is 7.78. The molecule has 2 aromatic rings. The molecule has 2 aliphatic carbocycles. The second kappa shape index (κ2) is 5.09. The van der Waals surface area contributed by atoms with Gasteiger partial charge in [0.25, 0.3) is 5.91 Å². The number of carbonyl (C=O) groups is 1. The molecule has 2 heterocycles. The lowest BCUT2D eigenvalue weighted by Gasteiger charge is -2.14. The van der Waals surface area contributed by atoms with E-state index >= 15 is 0 Å². The van der Waals surface area contributed by atoms with E-state index in [4.69, 9.17) is 5.26 Å². The van der Waals surface area contributed by atoms with Crippen molar-refractivity contribution >= 4 is 17.1 Å². The zero-order valence-electron chi connectivity index (χ0n) is 12.2. The number of nitrogens with one attached hydrogen (secondary N) is 2. The zero-order chi connectivity index (χ0) is 15.1. The summed E-state index contributed by atoms with van der Waals surface area (Å²) in [4.78, 5) is 24.5. The Hall–Kier alpha value is -2.42. The van der Waals surface area contributed by atoms with Crippen LogP contribution >= 0.6 is 0 Å². The predicted octanol–water partition coefficient (Wildman–Crippen LogP) is 2.26. The summed E-state index contributed by atoms with van der Waals surface area (Å²) in [5.41, 5.74) is 2.76. The summed E-state index contributed by atoms with van der Waals surface area (Å²) in [6.07, 6.45) is 8.29. The highest BCUT2D eigenvalue weighted by Gasteiger charge is 2.33. The topological polar surface area (TPSA) is 94.5 Å². The summed E-state index contributed by atoms with van der Waals surface area (Å²) < 4.78 is 0. The Kier molecular flexibility index (Phi) is 3.07. The highest BCUT2D eigenvalue weighted by Crippen LogP contribution is 2.39. The molecule has 1 amide bonds. The molecule has 2 aromatic heterocycles. The number of amides is 1. The first-order chi connectivity index (χ1) is 10.8. The lowest BCUT2D eigenvalue weighted by atomic mass is 10.1. The zero-order valence-corrected chi connectivity index (χ0v) is 12.2. The van der Waals surface area contributed by atoms with Crippen LogP contribution in [0.4, 0.5) is 0 Å². The van der Waals surface area contributed by atoms with Gasteiger partial charge in [-0.05, 0) is 31.6 Å². The number of hydrogen-bond donors (Lipinski definition) is 2. The Morgan fingerprint density at radius 1 is 1.45 bits per heavy atom. The number of H-pyrrole nitrogens is 1. The Labute approximate surface area is 128 Å². The van der Waals surface area contributed by atoms with Crippen LogP contribution < -0.4 is 5.32 Å². The Morgan fingerprint density at radius 2 is 2.27 bits per heavy atom. The van der Waals surface area contributed by atoms with Gasteiger partial charge in [-0.15, -0.1) is 0 Å². The number of nitriles is 1. The fourth-order valence-corrected chi connectivity index (χ4v) is 2.83. The molecule has 0 radical (unpaired) electrons. The highest BCUT2D eigenvalue weighted by atomic mass is 16.1. The molecule has 0 unspecified atom stereocenters. The molecule has 1 atom stereocenters. The smallest absolute Gasteiger partial charge is 0.255 e. The summed E-state index contributed by atoms with van der Waals surface area (Å²) in [5, 5.41) is 11.9. The van der Waals surface area contributed by atoms with Crippen molar-refractivity contribution in [1.82, 2.24) is 20.3 Å². The Balaban J connectivity index is 1.60. The van der Waals surface area contributed by atoms with Gasteiger partial charge in [0.05, 0.1) is 29.9 Å². The van der Waals surface area contributed by atoms with Crippen LogP contribution in [-0.2, 0) is 0 Å². The second-order valence-electron chi connectivity index (χ2n) is 6.25. The summed E-state index contributed by atoms with van der Waals surface area (Å²) >= 11 is 0. The van der Waals surface area contributed by atoms with Gasteiger partial charge in [-0.2, -0.15) is 5.26 Å². The SMILES string of the molecule is N#CC[C@H](NC(=O)c1c[nH]c2ncc(C3CC3)nc12)C1CC1. The van der Waals surface area contributed by atoms with E-state index in [0.717, 1.165) is 31.4 Å². The second-order valence-corrected chi connectivity index (χ2v) is 6.25. The standard InChI is InChI=1S/C16H17N5O/c17-6-5-12(9-1-2-9)21-16(22)11-7-18-15-14(11)20-13(8-19-15)10-3-4-10/h7-10,12H,1-5H2,(H,18,19)(H,21,22)/t12-/m0/s1. The van der Waals surface area contributed by atoms with E-state index in [1.807, 2.05) is 0 Å². The van der Waals surface area contributed by atoms with Gasteiger partial charge in [0.2, 0.25) is 0 Å². The van der Waals surface area contributed by atoms with Crippen LogP contribution in [0, 0.1) is 17.2 Å². The number of rotatable bonds is 5. The Bertz CT molecular complexity index is 766. The van der Waals surface area contributed by atoms with Crippen LogP contribution in [-0.4, -0.2) is 26.9 Å². The maximum Gasteiger partial charge on any atom is 0.255 e. The van der Waals surface area contributed by atoms with Crippen LogP contribution in [0.25, 0.3) is 11.2 Å². The minimum absolute atomic E-state index is 0.0537. The van der Waals surface area contributed by atoms with E-state index in [0.29, 0.717) is 35.0 Å². The van der Waals surface area contributed by atoms with E-state index in [-0.39, 0.29) is 11.9 Å². The molecule has 0 aliphatic heterocycles. The van der Waals surface area contributed by atoms with Crippen LogP contribution in [0.2, 0.25) is 0 Å². The lowest BCUT2D eigenvalue weighted by molar-refractivity contribution is 0.0934. The maximum absolute atomic E-state index is 12.5. The number of fused-ring (bicyclic) bond motifs is 1. The third-order valence-corrected chi connectivity index (χ3v) is 4.46. The third-order valence-electron chi connectivity index (χ3n) is 4.46. The van der Waals surface area contributed by atoms with E-state index < -0.39 is 0 Å². The average molecular weight is 295 g/mol. The summed E-state index contributed by atoms with van der Waals surface area (Å²) in [6.45, 7) is 0. The highest BCUT2D eigenvalue weighted by molar-refractivity contribution is 6.04. The van der Waals surface area contributed by atoms with Crippen molar-refractivity contribution in [3.8, 4) is 6.07 Å². The van der Waals surface area contributed by atoms with Crippen LogP contribution in [0.15, 0.2) is 12.4 Å². The minimum atomic E-state index is -0.166. The fraction of sp³-hybridized carbons (Fsp3) is 0.500. The van der Waals surface area contributed by atoms with Gasteiger partial charge in [-0.1, -0.05) is 0 Å². The molecular weight excluding hydrogens is 278 g/mol. The number of aromatic amines is 1. The third kappa shape index (κ3) is 2.43. The van der Waals surface area contributed by atoms with E-state index in [2.05, 4.69) is 26.3 Å². The summed E-state index contributed by atoms with van der Waals surface area (Å²) in [5.74, 6) is 0.781. The van der Waals surface area contributed by atoms with Crippen LogP contribution in [0.3, 0.4) is 0 Å². The molecule has 2 fully saturated rings. The van der Waals surface area contributed by atoms with E-state index in [1.54, 1.807) is 12.4 Å². The van der Waals surface area contributed by atoms with Crippen molar-refractivity contribution in [1.29, 1.82) is 5.26 Å². The maximum atomic E-state index is 12.5. The van der Waals surface area contributed by atoms with Crippen molar-refractivity contribution in [2.45, 2.75) is 44.1 Å². The van der Waals surface area contributed by atoms with Gasteiger partial charge in [0, 0.05) is 18.2 Å². The minimum Gasteiger partial charge on any atom is -0.348 e. The van der Waals surface area contributed by atoms with Gasteiger partial charge >= 0.3 is 0 Å². The van der Waals surface area contributed by atoms with Crippen LogP contribution in [0.1, 0.15) is 54.1 Å². The van der Waals surface area contributed by atoms with Gasteiger partial charge in [0.15, 0.2) is 5.65 Å². The molecule has 0 aromatic carbocycles. The molecule has 2 aliphatic rings. The van der Waals surface area contributed by atoms with E-state index in [9.17, 15) is 4.79 Å². The molecular formula is C16H17N5O. The first kappa shape index (κ1) is 13.3. The summed E-state index contributed by atoms with van der Waals surface area (Å²) in [6, 6.07) is 2.11. The van der Waals surface area contributed by atoms with Crippen molar-refractivity contribution in [2.75, 3.05) is 0 Å². The quantitative estimate of drug-likeness (QED) is 0.884. The largest absolute Gasteiger partial charge is 0.348 e. The van der Waals surface area contributed by atoms with Crippen LogP contribution in [0.5, 0.6) is 0 Å². The molecule has 0 spiro atoms. The fourth-order valence-electron chi connectivity index (χ4n) is 2.83. The van der Waals surface area contributed by atoms with Gasteiger partial charge in [-0.3, -0.25) is 4.79 Å². The molecule has 6 heteroatoms. The van der Waals surface area contributed by atoms with Gasteiger partial charge < -0.3 is 10.3 Å². The predicted molar refractivity (Wildman–Crippen MR) is 80.1 cm³/mol. The molecule has 0 saturated heterocycles. The monoisotopic (exact) mass is 295 g/mol. The van der Waals surface area contributed by atoms with Crippen molar-refractivity contribution in [3.05, 3.63) is 23.7 Å². The number of carbonyl (C=O) groups excluding carboxylic acids is 1. The molecule has 2 saturated carbocycles. The van der Waals surface area contributed by atoms with Crippen molar-refractivity contribution < 1.29 is 4.79 Å². The number of hydrogen-bond acceptors (Lipinski definition) is 4. The molecule has 4 rings (SSSR count). The van der Waals surface area contributed by atoms with Crippen molar-refractivity contribution in [2.24, 2.45) is 5.92 Å². The molecule has 0 bridgehead atoms. The number of aromatic nitrogens is 3. The van der Waals surface area contributed by atoms with E-state index in [1.165, 1.54) is 0 Å². The lowest BCUT2D eigenvalue weighted by Crippen LogP contribution is -2.36. The molecule has 2 N–H and O–H groups in total. The average Bonchev–Trinajstić information content (AvgIpc) is 3.42. The summed E-state index contributed by atoms with van der Waals surface area (Å²) in [7, 11) is 0. The van der Waals surface area contributed by atoms with Gasteiger partial charge in [-0.25, -0.2) is 9.97 Å². The van der Waals surface area contributed by atoms with Crippen molar-refractivity contribution in [3.63, 3.8) is 0 Å².